The second kappa shape index (κ2) is 7.11. The number of unbranched alkanes of at least 4 members (excludes halogenated alkanes) is 1. The molecule has 0 atom stereocenters. The Morgan fingerprint density at radius 2 is 1.67 bits per heavy atom. The number of hydrogen-bond acceptors (Lipinski definition) is 3. The van der Waals surface area contributed by atoms with Gasteiger partial charge >= 0.3 is 11.8 Å². The topological polar surface area (TPSA) is 66.0 Å². The van der Waals surface area contributed by atoms with Crippen LogP contribution in [0.2, 0.25) is 0 Å². The molecule has 0 aliphatic heterocycles. The fraction of sp³-hybridized carbons (Fsp3) is 0.667. The summed E-state index contributed by atoms with van der Waals surface area (Å²) in [6, 6.07) is 0. The summed E-state index contributed by atoms with van der Waals surface area (Å²) in [6.07, 6.45) is 1.10. The molecule has 0 aliphatic carbocycles. The van der Waals surface area contributed by atoms with Gasteiger partial charge in [-0.15, -0.1) is 17.7 Å². The van der Waals surface area contributed by atoms with Gasteiger partial charge < -0.3 is 4.55 Å². The van der Waals surface area contributed by atoms with Crippen LogP contribution < -0.4 is 4.57 Å². The molecule has 0 spiro atoms. The van der Waals surface area contributed by atoms with Gasteiger partial charge in [0, 0.05) is 0 Å². The van der Waals surface area contributed by atoms with Gasteiger partial charge in [-0.05, 0) is 6.42 Å². The second-order valence-electron chi connectivity index (χ2n) is 3.78. The summed E-state index contributed by atoms with van der Waals surface area (Å²) in [5, 5.41) is 0. The number of nitrogens with zero attached hydrogens (tertiary/aromatic N) is 2. The molecule has 1 heterocycles. The number of aromatic nitrogens is 2. The maximum Gasteiger partial charge on any atom is 0.567 e. The van der Waals surface area contributed by atoms with Gasteiger partial charge in [0.25, 0.3) is 6.33 Å². The highest BCUT2D eigenvalue weighted by Crippen LogP contribution is 2.21. The number of alkyl halides is 6. The average molecular weight is 342 g/mol. The van der Waals surface area contributed by atoms with Crippen molar-refractivity contribution in [2.45, 2.75) is 38.1 Å². The number of halogens is 6. The van der Waals surface area contributed by atoms with Crippen LogP contribution in [0, 0.1) is 0 Å². The Bertz CT molecular complexity index is 534. The highest BCUT2D eigenvalue weighted by atomic mass is 32.2. The molecule has 1 rings (SSSR count). The standard InChI is InChI=1S/C8H12F3N2.CHF3O3S/c1-2-3-4-12-5-6-13(7-12)8(9,10)11;2-1(3,4)8(5,6)7/h5-7H,2-4H2,1H3;(H,5,6,7)/q+1;/p-1. The zero-order chi connectivity index (χ0) is 16.9. The van der Waals surface area contributed by atoms with Crippen molar-refractivity contribution < 1.29 is 43.9 Å². The third-order valence-electron chi connectivity index (χ3n) is 2.04. The molecule has 0 unspecified atom stereocenters. The van der Waals surface area contributed by atoms with Crippen LogP contribution in [-0.2, 0) is 23.0 Å². The van der Waals surface area contributed by atoms with Gasteiger partial charge in [-0.2, -0.15) is 13.2 Å². The van der Waals surface area contributed by atoms with Crippen LogP contribution in [0.4, 0.5) is 26.3 Å². The van der Waals surface area contributed by atoms with Gasteiger partial charge in [0.1, 0.15) is 12.4 Å². The second-order valence-corrected chi connectivity index (χ2v) is 5.15. The first kappa shape index (κ1) is 19.7. The molecular formula is C9H12F6N2O3S. The van der Waals surface area contributed by atoms with Gasteiger partial charge in [-0.25, -0.2) is 13.0 Å². The van der Waals surface area contributed by atoms with E-state index < -0.39 is 21.9 Å². The van der Waals surface area contributed by atoms with Gasteiger partial charge in [0.15, 0.2) is 10.1 Å². The van der Waals surface area contributed by atoms with Crippen molar-refractivity contribution in [1.29, 1.82) is 0 Å². The van der Waals surface area contributed by atoms with Crippen molar-refractivity contribution in [1.82, 2.24) is 4.57 Å². The lowest BCUT2D eigenvalue weighted by atomic mass is 10.3. The Balaban J connectivity index is 0.000000433. The first-order valence-corrected chi connectivity index (χ1v) is 6.86. The molecule has 0 N–H and O–H groups in total. The van der Waals surface area contributed by atoms with E-state index in [-0.39, 0.29) is 4.57 Å². The van der Waals surface area contributed by atoms with Crippen LogP contribution in [0.5, 0.6) is 0 Å². The van der Waals surface area contributed by atoms with E-state index in [9.17, 15) is 26.3 Å². The minimum atomic E-state index is -6.09. The van der Waals surface area contributed by atoms with E-state index in [4.69, 9.17) is 13.0 Å². The van der Waals surface area contributed by atoms with E-state index in [0.717, 1.165) is 25.4 Å². The molecule has 0 amide bonds. The van der Waals surface area contributed by atoms with Gasteiger partial charge in [0.05, 0.1) is 6.54 Å². The summed E-state index contributed by atoms with van der Waals surface area (Å²) in [5.74, 6) is 0. The molecule has 124 valence electrons. The van der Waals surface area contributed by atoms with Crippen LogP contribution in [0.15, 0.2) is 18.7 Å². The highest BCUT2D eigenvalue weighted by molar-refractivity contribution is 7.86. The average Bonchev–Trinajstić information content (AvgIpc) is 2.72. The molecule has 12 heteroatoms. The predicted molar refractivity (Wildman–Crippen MR) is 56.6 cm³/mol. The maximum atomic E-state index is 12.1. The van der Waals surface area contributed by atoms with Crippen molar-refractivity contribution in [2.75, 3.05) is 0 Å². The first-order chi connectivity index (χ1) is 9.29. The summed E-state index contributed by atoms with van der Waals surface area (Å²) in [6.45, 7) is 2.64. The summed E-state index contributed by atoms with van der Waals surface area (Å²) in [4.78, 5) is 0. The zero-order valence-corrected chi connectivity index (χ0v) is 11.5. The summed E-state index contributed by atoms with van der Waals surface area (Å²) in [7, 11) is -6.09. The number of hydrogen-bond donors (Lipinski definition) is 0. The molecule has 1 aromatic rings. The van der Waals surface area contributed by atoms with Crippen molar-refractivity contribution in [3.63, 3.8) is 0 Å². The van der Waals surface area contributed by atoms with E-state index >= 15 is 0 Å². The number of imidazole rings is 1. The summed E-state index contributed by atoms with van der Waals surface area (Å²) < 4.78 is 96.9. The molecule has 0 fully saturated rings. The lowest BCUT2D eigenvalue weighted by Crippen LogP contribution is -2.31. The Hall–Kier alpha value is -1.30. The van der Waals surface area contributed by atoms with Gasteiger partial charge in [-0.1, -0.05) is 13.3 Å². The predicted octanol–water partition coefficient (Wildman–Crippen LogP) is 2.10. The molecule has 0 bridgehead atoms. The van der Waals surface area contributed by atoms with Crippen molar-refractivity contribution in [3.8, 4) is 0 Å². The Kier molecular flexibility index (Phi) is 6.67. The van der Waals surface area contributed by atoms with Crippen molar-refractivity contribution >= 4 is 10.1 Å². The molecule has 0 saturated heterocycles. The van der Waals surface area contributed by atoms with Crippen LogP contribution in [-0.4, -0.2) is 23.0 Å². The van der Waals surface area contributed by atoms with E-state index in [2.05, 4.69) is 0 Å². The Morgan fingerprint density at radius 3 is 1.95 bits per heavy atom. The minimum Gasteiger partial charge on any atom is -0.741 e. The smallest absolute Gasteiger partial charge is 0.567 e. The zero-order valence-electron chi connectivity index (χ0n) is 10.6. The molecule has 1 aromatic heterocycles. The van der Waals surface area contributed by atoms with E-state index in [1.54, 1.807) is 0 Å². The molecule has 5 nitrogen and oxygen atoms in total. The number of aryl methyl sites for hydroxylation is 1. The third kappa shape index (κ3) is 7.32. The minimum absolute atomic E-state index is 0.253. The van der Waals surface area contributed by atoms with E-state index in [1.807, 2.05) is 6.92 Å². The fourth-order valence-corrected chi connectivity index (χ4v) is 1.02. The Morgan fingerprint density at radius 1 is 1.19 bits per heavy atom. The van der Waals surface area contributed by atoms with Crippen molar-refractivity contribution in [3.05, 3.63) is 18.7 Å². The first-order valence-electron chi connectivity index (χ1n) is 5.45. The molecule has 0 saturated carbocycles. The fourth-order valence-electron chi connectivity index (χ4n) is 1.02. The number of rotatable bonds is 3. The molecule has 21 heavy (non-hydrogen) atoms. The Labute approximate surface area is 116 Å². The third-order valence-corrected chi connectivity index (χ3v) is 2.60. The quantitative estimate of drug-likeness (QED) is 0.366. The van der Waals surface area contributed by atoms with Gasteiger partial charge in [0.2, 0.25) is 0 Å². The van der Waals surface area contributed by atoms with E-state index in [1.165, 1.54) is 10.8 Å². The normalized spacial score (nSPS) is 12.8. The summed E-state index contributed by atoms with van der Waals surface area (Å²) >= 11 is 0. The molecule has 0 aromatic carbocycles. The molecular weight excluding hydrogens is 330 g/mol. The monoisotopic (exact) mass is 342 g/mol. The largest absolute Gasteiger partial charge is 0.741 e. The van der Waals surface area contributed by atoms with Crippen LogP contribution >= 0.6 is 0 Å². The highest BCUT2D eigenvalue weighted by Gasteiger charge is 2.37. The van der Waals surface area contributed by atoms with Crippen LogP contribution in [0.25, 0.3) is 0 Å². The lowest BCUT2D eigenvalue weighted by molar-refractivity contribution is -0.697. The van der Waals surface area contributed by atoms with Crippen molar-refractivity contribution in [2.24, 2.45) is 0 Å². The SMILES string of the molecule is CCCC[n+]1ccn(C(F)(F)F)c1.O=S(=O)([O-])C(F)(F)F. The van der Waals surface area contributed by atoms with E-state index in [0.29, 0.717) is 6.54 Å². The lowest BCUT2D eigenvalue weighted by Gasteiger charge is -2.08. The summed E-state index contributed by atoms with van der Waals surface area (Å²) in [5.41, 5.74) is -5.65. The molecule has 0 aliphatic rings. The van der Waals surface area contributed by atoms with Crippen LogP contribution in [0.3, 0.4) is 0 Å². The molecule has 0 radical (unpaired) electrons. The van der Waals surface area contributed by atoms with Crippen LogP contribution in [0.1, 0.15) is 19.8 Å². The van der Waals surface area contributed by atoms with Gasteiger partial charge in [-0.3, -0.25) is 0 Å². The maximum absolute atomic E-state index is 12.1.